The van der Waals surface area contributed by atoms with Gasteiger partial charge in [0.1, 0.15) is 5.15 Å². The zero-order valence-corrected chi connectivity index (χ0v) is 25.9. The van der Waals surface area contributed by atoms with Crippen molar-refractivity contribution in [2.45, 2.75) is 64.7 Å². The molecule has 3 amide bonds. The number of aryl methyl sites for hydroxylation is 2. The van der Waals surface area contributed by atoms with Crippen LogP contribution in [0.2, 0.25) is 5.15 Å². The molecule has 0 bridgehead atoms. The number of urea groups is 1. The molecule has 0 radical (unpaired) electrons. The number of esters is 1. The van der Waals surface area contributed by atoms with E-state index >= 15 is 0 Å². The number of halogens is 1. The first-order valence-corrected chi connectivity index (χ1v) is 14.9. The number of benzene rings is 1. The molecule has 228 valence electrons. The summed E-state index contributed by atoms with van der Waals surface area (Å²) in [7, 11) is 3.03. The zero-order valence-electron chi connectivity index (χ0n) is 25.2. The average molecular weight is 600 g/mol. The van der Waals surface area contributed by atoms with Crippen molar-refractivity contribution in [3.63, 3.8) is 0 Å². The normalized spacial score (nSPS) is 18.8. The van der Waals surface area contributed by atoms with Gasteiger partial charge in [-0.15, -0.1) is 0 Å². The summed E-state index contributed by atoms with van der Waals surface area (Å²) < 4.78 is 10.3. The maximum atomic E-state index is 13.6. The largest absolute Gasteiger partial charge is 0.465 e. The summed E-state index contributed by atoms with van der Waals surface area (Å²) >= 11 is 6.02. The van der Waals surface area contributed by atoms with Gasteiger partial charge in [-0.2, -0.15) is 0 Å². The molecule has 0 aliphatic carbocycles. The summed E-state index contributed by atoms with van der Waals surface area (Å²) in [6, 6.07) is 9.09. The number of hydrogen-bond donors (Lipinski definition) is 1. The highest BCUT2D eigenvalue weighted by molar-refractivity contribution is 6.29. The van der Waals surface area contributed by atoms with Gasteiger partial charge in [0.05, 0.1) is 36.6 Å². The third kappa shape index (κ3) is 7.59. The highest BCUT2D eigenvalue weighted by atomic mass is 35.5. The predicted molar refractivity (Wildman–Crippen MR) is 161 cm³/mol. The Morgan fingerprint density at radius 3 is 2.45 bits per heavy atom. The topological polar surface area (TPSA) is 104 Å². The van der Waals surface area contributed by atoms with Crippen LogP contribution in [0.4, 0.5) is 4.79 Å². The van der Waals surface area contributed by atoms with Crippen LogP contribution in [-0.2, 0) is 16.0 Å². The lowest BCUT2D eigenvalue weighted by atomic mass is 10.0. The lowest BCUT2D eigenvalue weighted by Crippen LogP contribution is -2.50. The number of hydrogen-bond acceptors (Lipinski definition) is 7. The number of ether oxygens (including phenoxy) is 2. The number of likely N-dealkylation sites (tertiary alicyclic amines) is 1. The van der Waals surface area contributed by atoms with E-state index in [4.69, 9.17) is 21.1 Å². The van der Waals surface area contributed by atoms with Crippen molar-refractivity contribution in [1.82, 2.24) is 25.0 Å². The Kier molecular flexibility index (Phi) is 10.8. The Bertz CT molecular complexity index is 1240. The molecule has 1 N–H and O–H groups in total. The second-order valence-electron chi connectivity index (χ2n) is 11.3. The van der Waals surface area contributed by atoms with Crippen LogP contribution in [0.3, 0.4) is 0 Å². The molecule has 4 rings (SSSR count). The fourth-order valence-corrected chi connectivity index (χ4v) is 6.32. The van der Waals surface area contributed by atoms with Crippen molar-refractivity contribution in [2.24, 2.45) is 0 Å². The van der Waals surface area contributed by atoms with Crippen molar-refractivity contribution >= 4 is 29.5 Å². The second-order valence-corrected chi connectivity index (χ2v) is 11.7. The number of amides is 3. The van der Waals surface area contributed by atoms with Gasteiger partial charge in [-0.05, 0) is 69.4 Å². The van der Waals surface area contributed by atoms with E-state index < -0.39 is 0 Å². The first-order chi connectivity index (χ1) is 20.1. The molecule has 2 fully saturated rings. The Balaban J connectivity index is 1.27. The van der Waals surface area contributed by atoms with E-state index in [1.165, 1.54) is 7.11 Å². The van der Waals surface area contributed by atoms with Gasteiger partial charge >= 0.3 is 12.0 Å². The van der Waals surface area contributed by atoms with E-state index in [9.17, 15) is 14.4 Å². The molecule has 3 heterocycles. The minimum Gasteiger partial charge on any atom is -0.465 e. The zero-order chi connectivity index (χ0) is 30.4. The minimum absolute atomic E-state index is 0.00195. The molecule has 11 heteroatoms. The first kappa shape index (κ1) is 31.7. The van der Waals surface area contributed by atoms with E-state index in [0.29, 0.717) is 41.7 Å². The minimum atomic E-state index is -0.378. The highest BCUT2D eigenvalue weighted by Gasteiger charge is 2.42. The Morgan fingerprint density at radius 1 is 1.14 bits per heavy atom. The maximum Gasteiger partial charge on any atom is 0.337 e. The number of pyridine rings is 1. The summed E-state index contributed by atoms with van der Waals surface area (Å²) in [6.07, 6.45) is 2.61. The monoisotopic (exact) mass is 599 g/mol. The number of nitrogens with one attached hydrogen (secondary N) is 1. The van der Waals surface area contributed by atoms with Crippen molar-refractivity contribution in [2.75, 3.05) is 47.0 Å². The Labute approximate surface area is 253 Å². The van der Waals surface area contributed by atoms with Crippen molar-refractivity contribution < 1.29 is 23.9 Å². The van der Waals surface area contributed by atoms with E-state index in [1.54, 1.807) is 32.2 Å². The van der Waals surface area contributed by atoms with Crippen LogP contribution in [0, 0.1) is 13.8 Å². The molecular weight excluding hydrogens is 558 g/mol. The maximum absolute atomic E-state index is 13.6. The molecule has 2 aromatic rings. The van der Waals surface area contributed by atoms with Gasteiger partial charge in [0.15, 0.2) is 0 Å². The van der Waals surface area contributed by atoms with Gasteiger partial charge in [-0.3, -0.25) is 4.79 Å². The molecular formula is C31H42ClN5O5. The second kappa shape index (κ2) is 14.3. The highest BCUT2D eigenvalue weighted by Crippen LogP contribution is 2.27. The van der Waals surface area contributed by atoms with Gasteiger partial charge in [-0.1, -0.05) is 23.7 Å². The smallest absolute Gasteiger partial charge is 0.337 e. The van der Waals surface area contributed by atoms with E-state index in [1.807, 2.05) is 35.8 Å². The molecule has 1 aromatic heterocycles. The number of carbonyl (C=O) groups is 3. The van der Waals surface area contributed by atoms with Crippen LogP contribution >= 0.6 is 11.6 Å². The third-order valence-corrected chi connectivity index (χ3v) is 8.42. The van der Waals surface area contributed by atoms with Crippen molar-refractivity contribution in [3.05, 3.63) is 63.4 Å². The van der Waals surface area contributed by atoms with Crippen LogP contribution in [0.25, 0.3) is 0 Å². The van der Waals surface area contributed by atoms with Crippen LogP contribution in [0.5, 0.6) is 0 Å². The van der Waals surface area contributed by atoms with Gasteiger partial charge in [0.25, 0.3) is 5.91 Å². The fourth-order valence-electron chi connectivity index (χ4n) is 6.03. The first-order valence-electron chi connectivity index (χ1n) is 14.5. The molecule has 0 saturated carbocycles. The van der Waals surface area contributed by atoms with Crippen LogP contribution < -0.4 is 5.32 Å². The average Bonchev–Trinajstić information content (AvgIpc) is 3.25. The molecule has 2 saturated heterocycles. The Hall–Kier alpha value is -3.21. The van der Waals surface area contributed by atoms with E-state index in [-0.39, 0.29) is 36.0 Å². The molecule has 42 heavy (non-hydrogen) atoms. The number of aromatic nitrogens is 1. The van der Waals surface area contributed by atoms with Crippen LogP contribution in [0.15, 0.2) is 30.3 Å². The SMILES string of the molecule is COC[C@@H]1CN(Cc2ccc(C(=O)OC)cc2)C(=O)N1C1CCN(CCC(C)NC(=O)c2c(C)cc(Cl)nc2C)CC1. The van der Waals surface area contributed by atoms with Gasteiger partial charge in [-0.25, -0.2) is 14.6 Å². The van der Waals surface area contributed by atoms with Crippen LogP contribution in [-0.4, -0.2) is 103 Å². The van der Waals surface area contributed by atoms with Crippen LogP contribution in [0.1, 0.15) is 63.7 Å². The summed E-state index contributed by atoms with van der Waals surface area (Å²) in [6.45, 7) is 9.91. The lowest BCUT2D eigenvalue weighted by molar-refractivity contribution is 0.0600. The summed E-state index contributed by atoms with van der Waals surface area (Å²) in [5.41, 5.74) is 3.48. The van der Waals surface area contributed by atoms with Crippen molar-refractivity contribution in [3.8, 4) is 0 Å². The number of carbonyl (C=O) groups excluding carboxylic acids is 3. The molecule has 1 aromatic carbocycles. The fraction of sp³-hybridized carbons (Fsp3) is 0.548. The summed E-state index contributed by atoms with van der Waals surface area (Å²) in [5.74, 6) is -0.502. The quantitative estimate of drug-likeness (QED) is 0.307. The van der Waals surface area contributed by atoms with Gasteiger partial charge < -0.3 is 29.5 Å². The van der Waals surface area contributed by atoms with E-state index in [2.05, 4.69) is 15.2 Å². The Morgan fingerprint density at radius 2 is 1.83 bits per heavy atom. The molecule has 0 spiro atoms. The number of rotatable bonds is 11. The third-order valence-electron chi connectivity index (χ3n) is 8.22. The van der Waals surface area contributed by atoms with Gasteiger partial charge in [0, 0.05) is 51.9 Å². The molecule has 2 atom stereocenters. The standard InChI is InChI=1S/C31H42ClN5O5/c1-20-16-27(32)34-22(3)28(20)29(38)33-21(2)10-13-35-14-11-25(12-15-35)37-26(19-41-4)18-36(31(37)40)17-23-6-8-24(9-7-23)30(39)42-5/h6-9,16,21,25-26H,10-15,17-19H2,1-5H3,(H,33,38)/t21?,26-/m0/s1. The summed E-state index contributed by atoms with van der Waals surface area (Å²) in [4.78, 5) is 48.7. The molecule has 10 nitrogen and oxygen atoms in total. The predicted octanol–water partition coefficient (Wildman–Crippen LogP) is 4.06. The molecule has 1 unspecified atom stereocenters. The lowest BCUT2D eigenvalue weighted by Gasteiger charge is -2.39. The number of methoxy groups -OCH3 is 2. The molecule has 2 aliphatic rings. The van der Waals surface area contributed by atoms with Gasteiger partial charge in [0.2, 0.25) is 0 Å². The van der Waals surface area contributed by atoms with Crippen molar-refractivity contribution in [1.29, 1.82) is 0 Å². The number of nitrogens with zero attached hydrogens (tertiary/aromatic N) is 4. The summed E-state index contributed by atoms with van der Waals surface area (Å²) in [5, 5.41) is 3.50. The molecule has 2 aliphatic heterocycles. The van der Waals surface area contributed by atoms with E-state index in [0.717, 1.165) is 50.0 Å². The number of piperidine rings is 1.